The number of nitrogens with one attached hydrogen (secondary N) is 1. The molecule has 1 unspecified atom stereocenters. The van der Waals surface area contributed by atoms with E-state index in [1.54, 1.807) is 12.5 Å². The van der Waals surface area contributed by atoms with E-state index in [0.717, 1.165) is 18.7 Å². The van der Waals surface area contributed by atoms with Crippen LogP contribution < -0.4 is 11.1 Å². The Hall–Kier alpha value is -1.56. The van der Waals surface area contributed by atoms with Gasteiger partial charge in [0, 0.05) is 6.54 Å². The summed E-state index contributed by atoms with van der Waals surface area (Å²) < 4.78 is 7.22. The summed E-state index contributed by atoms with van der Waals surface area (Å²) in [6.07, 6.45) is 3.95. The van der Waals surface area contributed by atoms with E-state index < -0.39 is 11.7 Å². The van der Waals surface area contributed by atoms with Gasteiger partial charge in [-0.2, -0.15) is 0 Å². The summed E-state index contributed by atoms with van der Waals surface area (Å²) in [6.45, 7) is 8.84. The molecule has 0 spiro atoms. The summed E-state index contributed by atoms with van der Waals surface area (Å²) in [6, 6.07) is -0.157. The summed E-state index contributed by atoms with van der Waals surface area (Å²) in [4.78, 5) is 15.8. The summed E-state index contributed by atoms with van der Waals surface area (Å²) in [5.41, 5.74) is 5.95. The average Bonchev–Trinajstić information content (AvgIpc) is 2.71. The number of hydrogen-bond acceptors (Lipinski definition) is 4. The lowest BCUT2D eigenvalue weighted by Gasteiger charge is -2.22. The van der Waals surface area contributed by atoms with Crippen LogP contribution in [0.5, 0.6) is 0 Å². The molecule has 0 fully saturated rings. The maximum Gasteiger partial charge on any atom is 0.408 e. The normalized spacial score (nSPS) is 13.1. The van der Waals surface area contributed by atoms with Gasteiger partial charge >= 0.3 is 6.09 Å². The molecule has 1 amide bonds. The summed E-state index contributed by atoms with van der Waals surface area (Å²) in [7, 11) is 0. The van der Waals surface area contributed by atoms with Crippen molar-refractivity contribution >= 4 is 6.09 Å². The minimum absolute atomic E-state index is 0.157. The van der Waals surface area contributed by atoms with E-state index in [1.165, 1.54) is 0 Å². The van der Waals surface area contributed by atoms with Crippen molar-refractivity contribution in [2.75, 3.05) is 6.54 Å². The molecule has 1 atom stereocenters. The third-order valence-electron chi connectivity index (χ3n) is 2.52. The zero-order chi connectivity index (χ0) is 14.5. The molecule has 0 aromatic carbocycles. The number of hydrogen-bond donors (Lipinski definition) is 2. The predicted molar refractivity (Wildman–Crippen MR) is 73.7 cm³/mol. The number of carbonyl (C=O) groups excluding carboxylic acids is 1. The van der Waals surface area contributed by atoms with Gasteiger partial charge in [0.25, 0.3) is 0 Å². The second kappa shape index (κ2) is 6.56. The number of ether oxygens (including phenoxy) is 1. The van der Waals surface area contributed by atoms with Crippen LogP contribution in [-0.4, -0.2) is 27.8 Å². The van der Waals surface area contributed by atoms with Crippen molar-refractivity contribution < 1.29 is 9.53 Å². The number of nitrogens with two attached hydrogens (primary N) is 1. The number of carbonyl (C=O) groups is 1. The zero-order valence-corrected chi connectivity index (χ0v) is 12.1. The second-order valence-electron chi connectivity index (χ2n) is 5.52. The Balaban J connectivity index is 2.60. The first-order chi connectivity index (χ1) is 8.83. The number of nitrogens with zero attached hydrogens (tertiary/aromatic N) is 2. The highest BCUT2D eigenvalue weighted by Gasteiger charge is 2.19. The molecule has 0 bridgehead atoms. The van der Waals surface area contributed by atoms with Crippen LogP contribution in [0.3, 0.4) is 0 Å². The number of aromatic nitrogens is 2. The van der Waals surface area contributed by atoms with E-state index in [2.05, 4.69) is 10.3 Å². The first-order valence-corrected chi connectivity index (χ1v) is 6.53. The lowest BCUT2D eigenvalue weighted by molar-refractivity contribution is 0.0506. The van der Waals surface area contributed by atoms with Crippen LogP contribution in [0.4, 0.5) is 4.79 Å². The van der Waals surface area contributed by atoms with E-state index in [0.29, 0.717) is 6.54 Å². The van der Waals surface area contributed by atoms with Gasteiger partial charge in [-0.05, 0) is 40.7 Å². The number of imidazole rings is 1. The molecule has 0 aliphatic rings. The molecule has 0 radical (unpaired) electrons. The average molecular weight is 268 g/mol. The highest BCUT2D eigenvalue weighted by molar-refractivity contribution is 5.68. The van der Waals surface area contributed by atoms with Gasteiger partial charge < -0.3 is 20.4 Å². The molecule has 0 saturated carbocycles. The van der Waals surface area contributed by atoms with Gasteiger partial charge in [0.15, 0.2) is 0 Å². The monoisotopic (exact) mass is 268 g/mol. The standard InChI is InChI=1S/C13H24N4O2/c1-10(16-12(18)19-13(2,3)4)11-8-15-9-17(11)7-5-6-14/h8-10H,5-7,14H2,1-4H3,(H,16,18). The molecule has 3 N–H and O–H groups in total. The van der Waals surface area contributed by atoms with Crippen LogP contribution in [0, 0.1) is 0 Å². The van der Waals surface area contributed by atoms with Crippen LogP contribution in [0.25, 0.3) is 0 Å². The Kier molecular flexibility index (Phi) is 5.35. The Morgan fingerprint density at radius 3 is 2.84 bits per heavy atom. The highest BCUT2D eigenvalue weighted by atomic mass is 16.6. The Bertz CT molecular complexity index is 409. The lowest BCUT2D eigenvalue weighted by atomic mass is 10.2. The van der Waals surface area contributed by atoms with Gasteiger partial charge in [-0.25, -0.2) is 9.78 Å². The maximum atomic E-state index is 11.7. The van der Waals surface area contributed by atoms with Crippen LogP contribution in [0.2, 0.25) is 0 Å². The zero-order valence-electron chi connectivity index (χ0n) is 12.1. The molecular weight excluding hydrogens is 244 g/mol. The molecule has 0 aliphatic heterocycles. The smallest absolute Gasteiger partial charge is 0.408 e. The fraction of sp³-hybridized carbons (Fsp3) is 0.692. The number of amides is 1. The molecule has 0 saturated heterocycles. The second-order valence-corrected chi connectivity index (χ2v) is 5.52. The molecule has 19 heavy (non-hydrogen) atoms. The van der Waals surface area contributed by atoms with Gasteiger partial charge in [0.05, 0.1) is 24.3 Å². The van der Waals surface area contributed by atoms with E-state index in [4.69, 9.17) is 10.5 Å². The lowest BCUT2D eigenvalue weighted by Crippen LogP contribution is -2.34. The molecule has 1 heterocycles. The van der Waals surface area contributed by atoms with Crippen molar-refractivity contribution in [1.82, 2.24) is 14.9 Å². The minimum Gasteiger partial charge on any atom is -0.444 e. The van der Waals surface area contributed by atoms with Crippen LogP contribution in [-0.2, 0) is 11.3 Å². The van der Waals surface area contributed by atoms with Crippen LogP contribution >= 0.6 is 0 Å². The summed E-state index contributed by atoms with van der Waals surface area (Å²) in [5, 5.41) is 2.80. The number of alkyl carbamates (subject to hydrolysis) is 1. The molecule has 0 aliphatic carbocycles. The topological polar surface area (TPSA) is 82.2 Å². The molecule has 1 aromatic rings. The molecular formula is C13H24N4O2. The van der Waals surface area contributed by atoms with Crippen molar-refractivity contribution in [1.29, 1.82) is 0 Å². The largest absolute Gasteiger partial charge is 0.444 e. The van der Waals surface area contributed by atoms with Gasteiger partial charge in [0.1, 0.15) is 5.60 Å². The SMILES string of the molecule is CC(NC(=O)OC(C)(C)C)c1cncn1CCCN. The summed E-state index contributed by atoms with van der Waals surface area (Å²) in [5.74, 6) is 0. The Labute approximate surface area is 114 Å². The van der Waals surface area contributed by atoms with Crippen LogP contribution in [0.1, 0.15) is 45.9 Å². The predicted octanol–water partition coefficient (Wildman–Crippen LogP) is 1.82. The molecule has 1 rings (SSSR count). The van der Waals surface area contributed by atoms with Crippen molar-refractivity contribution in [3.63, 3.8) is 0 Å². The number of aryl methyl sites for hydroxylation is 1. The third-order valence-corrected chi connectivity index (χ3v) is 2.52. The summed E-state index contributed by atoms with van der Waals surface area (Å²) >= 11 is 0. The van der Waals surface area contributed by atoms with E-state index in [-0.39, 0.29) is 6.04 Å². The minimum atomic E-state index is -0.496. The third kappa shape index (κ3) is 5.30. The van der Waals surface area contributed by atoms with Gasteiger partial charge in [-0.1, -0.05) is 0 Å². The van der Waals surface area contributed by atoms with E-state index in [1.807, 2.05) is 32.3 Å². The van der Waals surface area contributed by atoms with Gasteiger partial charge in [-0.15, -0.1) is 0 Å². The van der Waals surface area contributed by atoms with Crippen molar-refractivity contribution in [2.45, 2.75) is 52.3 Å². The van der Waals surface area contributed by atoms with Crippen LogP contribution in [0.15, 0.2) is 12.5 Å². The molecule has 108 valence electrons. The van der Waals surface area contributed by atoms with Gasteiger partial charge in [0.2, 0.25) is 0 Å². The first kappa shape index (κ1) is 15.5. The van der Waals surface area contributed by atoms with Crippen molar-refractivity contribution in [2.24, 2.45) is 5.73 Å². The van der Waals surface area contributed by atoms with E-state index in [9.17, 15) is 4.79 Å². The Morgan fingerprint density at radius 2 is 2.26 bits per heavy atom. The van der Waals surface area contributed by atoms with Crippen molar-refractivity contribution in [3.05, 3.63) is 18.2 Å². The molecule has 6 nitrogen and oxygen atoms in total. The van der Waals surface area contributed by atoms with E-state index >= 15 is 0 Å². The van der Waals surface area contributed by atoms with Gasteiger partial charge in [-0.3, -0.25) is 0 Å². The molecule has 6 heteroatoms. The number of rotatable bonds is 5. The fourth-order valence-corrected chi connectivity index (χ4v) is 1.70. The quantitative estimate of drug-likeness (QED) is 0.853. The Morgan fingerprint density at radius 1 is 1.58 bits per heavy atom. The van der Waals surface area contributed by atoms with Crippen molar-refractivity contribution in [3.8, 4) is 0 Å². The fourth-order valence-electron chi connectivity index (χ4n) is 1.70. The highest BCUT2D eigenvalue weighted by Crippen LogP contribution is 2.14. The molecule has 1 aromatic heterocycles. The first-order valence-electron chi connectivity index (χ1n) is 6.53. The maximum absolute atomic E-state index is 11.7.